The summed E-state index contributed by atoms with van der Waals surface area (Å²) in [5, 5.41) is 6.83. The number of piperidine rings is 1. The molecule has 3 rings (SSSR count). The summed E-state index contributed by atoms with van der Waals surface area (Å²) in [5.74, 6) is 1.53. The lowest BCUT2D eigenvalue weighted by atomic mass is 9.85. The first kappa shape index (κ1) is 19.6. The van der Waals surface area contributed by atoms with Gasteiger partial charge in [0.25, 0.3) is 0 Å². The van der Waals surface area contributed by atoms with Gasteiger partial charge in [-0.05, 0) is 62.0 Å². The van der Waals surface area contributed by atoms with Crippen LogP contribution in [0, 0.1) is 11.8 Å². The maximum atomic E-state index is 12.4. The third-order valence-corrected chi connectivity index (χ3v) is 5.28. The van der Waals surface area contributed by atoms with Crippen LogP contribution in [0.4, 0.5) is 5.69 Å². The summed E-state index contributed by atoms with van der Waals surface area (Å²) in [6.45, 7) is 4.64. The smallest absolute Gasteiger partial charge is 0.224 e. The van der Waals surface area contributed by atoms with Gasteiger partial charge in [0.15, 0.2) is 0 Å². The van der Waals surface area contributed by atoms with Crippen molar-refractivity contribution >= 4 is 23.2 Å². The molecule has 0 bridgehead atoms. The lowest BCUT2D eigenvalue weighted by molar-refractivity contribution is -0.117. The van der Waals surface area contributed by atoms with Crippen molar-refractivity contribution in [1.29, 1.82) is 0 Å². The average Bonchev–Trinajstić information content (AvgIpc) is 2.68. The Hall–Kier alpha value is -2.11. The molecule has 2 heterocycles. The minimum Gasteiger partial charge on any atom is -0.487 e. The lowest BCUT2D eigenvalue weighted by Gasteiger charge is -2.28. The van der Waals surface area contributed by atoms with Crippen molar-refractivity contribution in [1.82, 2.24) is 10.3 Å². The van der Waals surface area contributed by atoms with Gasteiger partial charge in [0, 0.05) is 30.1 Å². The number of carbonyl (C=O) groups is 1. The van der Waals surface area contributed by atoms with Gasteiger partial charge in [-0.25, -0.2) is 0 Å². The molecule has 5 nitrogen and oxygen atoms in total. The van der Waals surface area contributed by atoms with Crippen LogP contribution in [0.1, 0.15) is 31.7 Å². The van der Waals surface area contributed by atoms with Crippen LogP contribution < -0.4 is 15.4 Å². The molecule has 0 radical (unpaired) electrons. The second kappa shape index (κ2) is 9.72. The van der Waals surface area contributed by atoms with Crippen LogP contribution in [0.2, 0.25) is 5.02 Å². The van der Waals surface area contributed by atoms with Gasteiger partial charge in [-0.1, -0.05) is 24.6 Å². The molecule has 1 aliphatic heterocycles. The molecule has 2 aromatic rings. The third-order valence-electron chi connectivity index (χ3n) is 4.98. The molecular weight excluding hydrogens is 362 g/mol. The van der Waals surface area contributed by atoms with Gasteiger partial charge in [-0.15, -0.1) is 0 Å². The molecule has 2 atom stereocenters. The summed E-state index contributed by atoms with van der Waals surface area (Å²) in [4.78, 5) is 16.4. The van der Waals surface area contributed by atoms with Crippen molar-refractivity contribution in [3.63, 3.8) is 0 Å². The van der Waals surface area contributed by atoms with E-state index in [4.69, 9.17) is 16.3 Å². The minimum atomic E-state index is 0.0215. The van der Waals surface area contributed by atoms with Crippen molar-refractivity contribution < 1.29 is 9.53 Å². The van der Waals surface area contributed by atoms with E-state index in [-0.39, 0.29) is 5.91 Å². The molecule has 0 saturated carbocycles. The fourth-order valence-corrected chi connectivity index (χ4v) is 3.61. The highest BCUT2D eigenvalue weighted by Crippen LogP contribution is 2.29. The first-order valence-electron chi connectivity index (χ1n) is 9.43. The van der Waals surface area contributed by atoms with Crippen LogP contribution in [-0.2, 0) is 11.4 Å². The summed E-state index contributed by atoms with van der Waals surface area (Å²) < 4.78 is 5.74. The first-order valence-corrected chi connectivity index (χ1v) is 9.81. The number of ether oxygens (including phenoxy) is 1. The van der Waals surface area contributed by atoms with Gasteiger partial charge >= 0.3 is 0 Å². The molecule has 1 fully saturated rings. The highest BCUT2D eigenvalue weighted by molar-refractivity contribution is 6.32. The van der Waals surface area contributed by atoms with Crippen LogP contribution in [0.15, 0.2) is 42.7 Å². The normalized spacial score (nSPS) is 17.9. The molecule has 1 aromatic carbocycles. The molecule has 0 spiro atoms. The average molecular weight is 388 g/mol. The number of aromatic nitrogens is 1. The van der Waals surface area contributed by atoms with E-state index in [9.17, 15) is 4.79 Å². The zero-order chi connectivity index (χ0) is 19.1. The standard InChI is InChI=1S/C21H26ClN3O2/c1-15(17-5-3-9-24-13-17)10-21(26)25-18-6-7-20(19(22)11-18)27-14-16-4-2-8-23-12-16/h2,4,6-8,11-12,15,17,24H,3,5,9-10,13-14H2,1H3,(H,25,26). The lowest BCUT2D eigenvalue weighted by Crippen LogP contribution is -2.34. The fraction of sp³-hybridized carbons (Fsp3) is 0.429. The van der Waals surface area contributed by atoms with Gasteiger partial charge in [-0.2, -0.15) is 0 Å². The molecular formula is C21H26ClN3O2. The topological polar surface area (TPSA) is 63.2 Å². The summed E-state index contributed by atoms with van der Waals surface area (Å²) >= 11 is 6.31. The van der Waals surface area contributed by atoms with E-state index in [1.807, 2.05) is 18.2 Å². The van der Waals surface area contributed by atoms with Crippen molar-refractivity contribution in [3.05, 3.63) is 53.3 Å². The van der Waals surface area contributed by atoms with E-state index in [0.717, 1.165) is 18.7 Å². The van der Waals surface area contributed by atoms with Crippen LogP contribution in [-0.4, -0.2) is 24.0 Å². The Morgan fingerprint density at radius 1 is 1.44 bits per heavy atom. The fourth-order valence-electron chi connectivity index (χ4n) is 3.38. The van der Waals surface area contributed by atoms with E-state index in [1.165, 1.54) is 12.8 Å². The van der Waals surface area contributed by atoms with E-state index in [0.29, 0.717) is 41.3 Å². The van der Waals surface area contributed by atoms with E-state index in [1.54, 1.807) is 24.5 Å². The highest BCUT2D eigenvalue weighted by atomic mass is 35.5. The van der Waals surface area contributed by atoms with E-state index >= 15 is 0 Å². The number of hydrogen-bond acceptors (Lipinski definition) is 4. The molecule has 144 valence electrons. The van der Waals surface area contributed by atoms with Gasteiger partial charge in [0.2, 0.25) is 5.91 Å². The van der Waals surface area contributed by atoms with Gasteiger partial charge in [0.05, 0.1) is 5.02 Å². The molecule has 1 amide bonds. The van der Waals surface area contributed by atoms with Crippen LogP contribution in [0.3, 0.4) is 0 Å². The Balaban J connectivity index is 1.51. The number of carbonyl (C=O) groups excluding carboxylic acids is 1. The summed E-state index contributed by atoms with van der Waals surface area (Å²) in [5.41, 5.74) is 1.66. The predicted molar refractivity (Wildman–Crippen MR) is 108 cm³/mol. The zero-order valence-corrected chi connectivity index (χ0v) is 16.3. The number of benzene rings is 1. The monoisotopic (exact) mass is 387 g/mol. The highest BCUT2D eigenvalue weighted by Gasteiger charge is 2.22. The number of nitrogens with one attached hydrogen (secondary N) is 2. The molecule has 1 aliphatic rings. The molecule has 1 aromatic heterocycles. The zero-order valence-electron chi connectivity index (χ0n) is 15.6. The predicted octanol–water partition coefficient (Wildman–Crippen LogP) is 4.28. The maximum absolute atomic E-state index is 12.4. The van der Waals surface area contributed by atoms with Crippen molar-refractivity contribution in [2.45, 2.75) is 32.8 Å². The number of halogens is 1. The summed E-state index contributed by atoms with van der Waals surface area (Å²) in [7, 11) is 0. The summed E-state index contributed by atoms with van der Waals surface area (Å²) in [6, 6.07) is 9.13. The molecule has 2 unspecified atom stereocenters. The van der Waals surface area contributed by atoms with E-state index in [2.05, 4.69) is 22.5 Å². The van der Waals surface area contributed by atoms with Crippen molar-refractivity contribution in [2.75, 3.05) is 18.4 Å². The molecule has 27 heavy (non-hydrogen) atoms. The Labute approximate surface area is 165 Å². The Morgan fingerprint density at radius 3 is 3.04 bits per heavy atom. The number of hydrogen-bond donors (Lipinski definition) is 2. The summed E-state index contributed by atoms with van der Waals surface area (Å²) in [6.07, 6.45) is 6.37. The first-order chi connectivity index (χ1) is 13.1. The van der Waals surface area contributed by atoms with Crippen LogP contribution in [0.25, 0.3) is 0 Å². The second-order valence-corrected chi connectivity index (χ2v) is 7.54. The maximum Gasteiger partial charge on any atom is 0.224 e. The SMILES string of the molecule is CC(CC(=O)Nc1ccc(OCc2cccnc2)c(Cl)c1)C1CCCNC1. The van der Waals surface area contributed by atoms with Gasteiger partial charge in [0.1, 0.15) is 12.4 Å². The van der Waals surface area contributed by atoms with Crippen molar-refractivity contribution in [2.24, 2.45) is 11.8 Å². The Bertz CT molecular complexity index is 748. The largest absolute Gasteiger partial charge is 0.487 e. The van der Waals surface area contributed by atoms with Crippen LogP contribution >= 0.6 is 11.6 Å². The molecule has 0 aliphatic carbocycles. The number of anilines is 1. The Kier molecular flexibility index (Phi) is 7.07. The number of rotatable bonds is 7. The third kappa shape index (κ3) is 5.94. The van der Waals surface area contributed by atoms with Crippen molar-refractivity contribution in [3.8, 4) is 5.75 Å². The molecule has 6 heteroatoms. The molecule has 1 saturated heterocycles. The van der Waals surface area contributed by atoms with Crippen LogP contribution in [0.5, 0.6) is 5.75 Å². The molecule has 2 N–H and O–H groups in total. The minimum absolute atomic E-state index is 0.0215. The number of nitrogens with zero attached hydrogens (tertiary/aromatic N) is 1. The van der Waals surface area contributed by atoms with Gasteiger partial charge < -0.3 is 15.4 Å². The second-order valence-electron chi connectivity index (χ2n) is 7.13. The number of amides is 1. The number of pyridine rings is 1. The van der Waals surface area contributed by atoms with Gasteiger partial charge in [-0.3, -0.25) is 9.78 Å². The quantitative estimate of drug-likeness (QED) is 0.744. The Morgan fingerprint density at radius 2 is 2.33 bits per heavy atom. The van der Waals surface area contributed by atoms with E-state index < -0.39 is 0 Å².